The molecule has 0 spiro atoms. The van der Waals surface area contributed by atoms with E-state index in [2.05, 4.69) is 17.6 Å². The number of methoxy groups -OCH3 is 1. The molecule has 0 heterocycles. The zero-order valence-corrected chi connectivity index (χ0v) is 13.5. The van der Waals surface area contributed by atoms with E-state index in [0.717, 1.165) is 29.8 Å². The van der Waals surface area contributed by atoms with Crippen molar-refractivity contribution in [2.24, 2.45) is 0 Å². The van der Waals surface area contributed by atoms with E-state index in [0.29, 0.717) is 6.54 Å². The molecule has 1 rings (SSSR count). The highest BCUT2D eigenvalue weighted by atomic mass is 16.5. The normalized spacial score (nSPS) is 10.2. The lowest BCUT2D eigenvalue weighted by Gasteiger charge is -2.10. The van der Waals surface area contributed by atoms with E-state index >= 15 is 0 Å². The number of rotatable bonds is 9. The molecule has 4 heteroatoms. The summed E-state index contributed by atoms with van der Waals surface area (Å²) in [6.07, 6.45) is 6.01. The molecule has 0 fully saturated rings. The molecule has 0 bridgehead atoms. The van der Waals surface area contributed by atoms with Crippen LogP contribution in [0.5, 0.6) is 5.75 Å². The smallest absolute Gasteiger partial charge is 0.315 e. The summed E-state index contributed by atoms with van der Waals surface area (Å²) in [5.41, 5.74) is 2.13. The minimum Gasteiger partial charge on any atom is -0.496 e. The Morgan fingerprint density at radius 2 is 1.90 bits per heavy atom. The SMILES string of the molecule is CCCCCCCNC(=O)NCc1ccc(C)c(OC)c1. The molecule has 0 radical (unpaired) electrons. The first-order valence-electron chi connectivity index (χ1n) is 7.82. The topological polar surface area (TPSA) is 50.4 Å². The fraction of sp³-hybridized carbons (Fsp3) is 0.588. The van der Waals surface area contributed by atoms with Crippen molar-refractivity contribution < 1.29 is 9.53 Å². The number of aryl methyl sites for hydroxylation is 1. The van der Waals surface area contributed by atoms with Crippen LogP contribution in [0, 0.1) is 6.92 Å². The molecule has 2 N–H and O–H groups in total. The standard InChI is InChI=1S/C17H28N2O2/c1-4-5-6-7-8-11-18-17(20)19-13-15-10-9-14(2)16(12-15)21-3/h9-10,12H,4-8,11,13H2,1-3H3,(H2,18,19,20). The van der Waals surface area contributed by atoms with Gasteiger partial charge in [0.25, 0.3) is 0 Å². The Labute approximate surface area is 128 Å². The quantitative estimate of drug-likeness (QED) is 0.681. The van der Waals surface area contributed by atoms with Gasteiger partial charge in [0.05, 0.1) is 7.11 Å². The van der Waals surface area contributed by atoms with Crippen molar-refractivity contribution in [1.29, 1.82) is 0 Å². The van der Waals surface area contributed by atoms with Crippen molar-refractivity contribution in [3.05, 3.63) is 29.3 Å². The number of hydrogen-bond acceptors (Lipinski definition) is 2. The van der Waals surface area contributed by atoms with E-state index in [4.69, 9.17) is 4.74 Å². The summed E-state index contributed by atoms with van der Waals surface area (Å²) in [6, 6.07) is 5.86. The summed E-state index contributed by atoms with van der Waals surface area (Å²) in [7, 11) is 1.66. The van der Waals surface area contributed by atoms with E-state index < -0.39 is 0 Å². The molecule has 0 saturated carbocycles. The van der Waals surface area contributed by atoms with E-state index in [1.54, 1.807) is 7.11 Å². The third-order valence-electron chi connectivity index (χ3n) is 3.49. The van der Waals surface area contributed by atoms with E-state index in [1.807, 2.05) is 25.1 Å². The molecule has 0 saturated heterocycles. The van der Waals surface area contributed by atoms with Crippen molar-refractivity contribution in [2.45, 2.75) is 52.5 Å². The van der Waals surface area contributed by atoms with Crippen LogP contribution in [0.25, 0.3) is 0 Å². The monoisotopic (exact) mass is 292 g/mol. The van der Waals surface area contributed by atoms with Gasteiger partial charge in [-0.25, -0.2) is 4.79 Å². The minimum absolute atomic E-state index is 0.106. The van der Waals surface area contributed by atoms with Crippen LogP contribution < -0.4 is 15.4 Å². The van der Waals surface area contributed by atoms with Gasteiger partial charge in [-0.2, -0.15) is 0 Å². The molecule has 0 aliphatic heterocycles. The van der Waals surface area contributed by atoms with Gasteiger partial charge in [-0.15, -0.1) is 0 Å². The number of amides is 2. The zero-order chi connectivity index (χ0) is 15.5. The maximum absolute atomic E-state index is 11.7. The fourth-order valence-corrected chi connectivity index (χ4v) is 2.15. The second kappa shape index (κ2) is 10.1. The molecule has 4 nitrogen and oxygen atoms in total. The predicted molar refractivity (Wildman–Crippen MR) is 86.7 cm³/mol. The van der Waals surface area contributed by atoms with Crippen LogP contribution in [-0.4, -0.2) is 19.7 Å². The first-order valence-corrected chi connectivity index (χ1v) is 7.82. The largest absolute Gasteiger partial charge is 0.496 e. The van der Waals surface area contributed by atoms with Crippen molar-refractivity contribution in [3.8, 4) is 5.75 Å². The molecule has 0 aliphatic rings. The summed E-state index contributed by atoms with van der Waals surface area (Å²) in [4.78, 5) is 11.7. The summed E-state index contributed by atoms with van der Waals surface area (Å²) in [5.74, 6) is 0.852. The van der Waals surface area contributed by atoms with Crippen molar-refractivity contribution in [3.63, 3.8) is 0 Å². The number of benzene rings is 1. The molecule has 1 aromatic rings. The molecule has 0 aliphatic carbocycles. The Morgan fingerprint density at radius 1 is 1.14 bits per heavy atom. The lowest BCUT2D eigenvalue weighted by Crippen LogP contribution is -2.35. The lowest BCUT2D eigenvalue weighted by molar-refractivity contribution is 0.240. The average Bonchev–Trinajstić information content (AvgIpc) is 2.50. The zero-order valence-electron chi connectivity index (χ0n) is 13.5. The third-order valence-corrected chi connectivity index (χ3v) is 3.49. The number of carbonyl (C=O) groups excluding carboxylic acids is 1. The summed E-state index contributed by atoms with van der Waals surface area (Å²) >= 11 is 0. The average molecular weight is 292 g/mol. The molecular formula is C17H28N2O2. The number of carbonyl (C=O) groups is 1. The maximum atomic E-state index is 11.7. The predicted octanol–water partition coefficient (Wildman–Crippen LogP) is 3.77. The minimum atomic E-state index is -0.106. The van der Waals surface area contributed by atoms with Crippen molar-refractivity contribution >= 4 is 6.03 Å². The molecule has 0 atom stereocenters. The van der Waals surface area contributed by atoms with Crippen LogP contribution in [0.1, 0.15) is 50.2 Å². The number of urea groups is 1. The van der Waals surface area contributed by atoms with E-state index in [9.17, 15) is 4.79 Å². The number of hydrogen-bond donors (Lipinski definition) is 2. The third kappa shape index (κ3) is 7.02. The Bertz CT molecular complexity index is 433. The van der Waals surface area contributed by atoms with E-state index in [-0.39, 0.29) is 6.03 Å². The van der Waals surface area contributed by atoms with Crippen molar-refractivity contribution in [2.75, 3.05) is 13.7 Å². The molecule has 1 aromatic carbocycles. The molecule has 118 valence electrons. The Balaban J connectivity index is 2.21. The van der Waals surface area contributed by atoms with Gasteiger partial charge in [0.15, 0.2) is 0 Å². The van der Waals surface area contributed by atoms with Gasteiger partial charge >= 0.3 is 6.03 Å². The van der Waals surface area contributed by atoms with Crippen LogP contribution in [0.4, 0.5) is 4.79 Å². The first kappa shape index (κ1) is 17.3. The summed E-state index contributed by atoms with van der Waals surface area (Å²) < 4.78 is 5.28. The summed E-state index contributed by atoms with van der Waals surface area (Å²) in [5, 5.41) is 5.75. The molecule has 2 amide bonds. The lowest BCUT2D eigenvalue weighted by atomic mass is 10.1. The van der Waals surface area contributed by atoms with Gasteiger partial charge < -0.3 is 15.4 Å². The van der Waals surface area contributed by atoms with Crippen LogP contribution in [-0.2, 0) is 6.54 Å². The van der Waals surface area contributed by atoms with Crippen LogP contribution in [0.3, 0.4) is 0 Å². The van der Waals surface area contributed by atoms with Gasteiger partial charge in [-0.1, -0.05) is 44.7 Å². The number of nitrogens with one attached hydrogen (secondary N) is 2. The first-order chi connectivity index (χ1) is 10.2. The molecular weight excluding hydrogens is 264 g/mol. The molecule has 0 unspecified atom stereocenters. The molecule has 21 heavy (non-hydrogen) atoms. The Morgan fingerprint density at radius 3 is 2.62 bits per heavy atom. The highest BCUT2D eigenvalue weighted by molar-refractivity contribution is 5.73. The van der Waals surface area contributed by atoms with Gasteiger partial charge in [0.1, 0.15) is 5.75 Å². The molecule has 0 aromatic heterocycles. The van der Waals surface area contributed by atoms with Crippen LogP contribution in [0.15, 0.2) is 18.2 Å². The van der Waals surface area contributed by atoms with Crippen molar-refractivity contribution in [1.82, 2.24) is 10.6 Å². The van der Waals surface area contributed by atoms with Gasteiger partial charge in [-0.3, -0.25) is 0 Å². The number of unbranched alkanes of at least 4 members (excludes halogenated alkanes) is 4. The number of ether oxygens (including phenoxy) is 1. The summed E-state index contributed by atoms with van der Waals surface area (Å²) in [6.45, 7) is 5.46. The maximum Gasteiger partial charge on any atom is 0.315 e. The second-order valence-corrected chi connectivity index (χ2v) is 5.33. The van der Waals surface area contributed by atoms with Crippen LogP contribution in [0.2, 0.25) is 0 Å². The Kier molecular flexibility index (Phi) is 8.32. The van der Waals surface area contributed by atoms with Crippen LogP contribution >= 0.6 is 0 Å². The fourth-order valence-electron chi connectivity index (χ4n) is 2.15. The van der Waals surface area contributed by atoms with Gasteiger partial charge in [0.2, 0.25) is 0 Å². The highest BCUT2D eigenvalue weighted by Crippen LogP contribution is 2.18. The highest BCUT2D eigenvalue weighted by Gasteiger charge is 2.03. The van der Waals surface area contributed by atoms with Gasteiger partial charge in [-0.05, 0) is 30.5 Å². The second-order valence-electron chi connectivity index (χ2n) is 5.33. The van der Waals surface area contributed by atoms with Gasteiger partial charge in [0, 0.05) is 13.1 Å². The van der Waals surface area contributed by atoms with E-state index in [1.165, 1.54) is 25.7 Å². The Hall–Kier alpha value is -1.71.